The molecule has 8 nitrogen and oxygen atoms in total. The normalized spacial score (nSPS) is 11.2. The van der Waals surface area contributed by atoms with Gasteiger partial charge in [-0.15, -0.1) is 0 Å². The van der Waals surface area contributed by atoms with Gasteiger partial charge in [-0.1, -0.05) is 24.3 Å². The van der Waals surface area contributed by atoms with Crippen molar-refractivity contribution in [3.63, 3.8) is 0 Å². The van der Waals surface area contributed by atoms with E-state index in [0.717, 1.165) is 22.4 Å². The molecule has 0 saturated carbocycles. The Bertz CT molecular complexity index is 1400. The number of hydrogen-bond donors (Lipinski definition) is 1. The molecule has 4 aromatic heterocycles. The molecule has 4 heterocycles. The molecular formula is C24H22N6O2. The van der Waals surface area contributed by atoms with E-state index in [2.05, 4.69) is 39.6 Å². The number of pyridine rings is 1. The highest BCUT2D eigenvalue weighted by Gasteiger charge is 2.17. The van der Waals surface area contributed by atoms with Gasteiger partial charge in [-0.3, -0.25) is 9.48 Å². The van der Waals surface area contributed by atoms with Gasteiger partial charge in [0, 0.05) is 18.0 Å². The second-order valence-electron chi connectivity index (χ2n) is 7.68. The Hall–Kier alpha value is -4.20. The maximum atomic E-state index is 12.7. The predicted octanol–water partition coefficient (Wildman–Crippen LogP) is 4.19. The Morgan fingerprint density at radius 1 is 1.12 bits per heavy atom. The van der Waals surface area contributed by atoms with Crippen molar-refractivity contribution in [1.29, 1.82) is 0 Å². The Balaban J connectivity index is 1.32. The van der Waals surface area contributed by atoms with Crippen molar-refractivity contribution in [2.75, 3.05) is 5.32 Å². The Morgan fingerprint density at radius 2 is 2.00 bits per heavy atom. The Labute approximate surface area is 184 Å². The van der Waals surface area contributed by atoms with Crippen molar-refractivity contribution in [2.24, 2.45) is 0 Å². The van der Waals surface area contributed by atoms with E-state index < -0.39 is 0 Å². The molecule has 0 atom stereocenters. The predicted molar refractivity (Wildman–Crippen MR) is 121 cm³/mol. The highest BCUT2D eigenvalue weighted by atomic mass is 16.3. The number of amides is 1. The van der Waals surface area contributed by atoms with Crippen molar-refractivity contribution in [1.82, 2.24) is 24.5 Å². The summed E-state index contributed by atoms with van der Waals surface area (Å²) >= 11 is 0. The Kier molecular flexibility index (Phi) is 5.03. The largest absolute Gasteiger partial charge is 0.464 e. The average molecular weight is 426 g/mol. The lowest BCUT2D eigenvalue weighted by Crippen LogP contribution is -2.19. The van der Waals surface area contributed by atoms with Crippen LogP contribution in [0.2, 0.25) is 0 Å². The molecule has 0 aliphatic rings. The number of fused-ring (bicyclic) bond motifs is 1. The molecule has 1 aromatic carbocycles. The van der Waals surface area contributed by atoms with Crippen molar-refractivity contribution in [2.45, 2.75) is 26.9 Å². The molecule has 1 amide bonds. The number of nitrogens with one attached hydrogen (secondary N) is 1. The fourth-order valence-electron chi connectivity index (χ4n) is 3.84. The molecule has 8 heteroatoms. The second-order valence-corrected chi connectivity index (χ2v) is 7.68. The van der Waals surface area contributed by atoms with Crippen LogP contribution >= 0.6 is 0 Å². The molecular weight excluding hydrogens is 404 g/mol. The standard InChI is InChI=1S/C24H22N6O2/c1-16-6-3-4-7-18(16)13-29-14-19(12-26-29)27-22(31)15-30-24-23(17(2)28-30)20(9-10-25-24)21-8-5-11-32-21/h3-12,14H,13,15H2,1-2H3,(H,27,31). The Morgan fingerprint density at radius 3 is 2.81 bits per heavy atom. The van der Waals surface area contributed by atoms with Crippen LogP contribution in [0.25, 0.3) is 22.4 Å². The summed E-state index contributed by atoms with van der Waals surface area (Å²) in [5.41, 5.74) is 5.36. The first kappa shape index (κ1) is 19.7. The first-order chi connectivity index (χ1) is 15.6. The third-order valence-corrected chi connectivity index (χ3v) is 5.40. The zero-order valence-electron chi connectivity index (χ0n) is 17.8. The molecule has 0 saturated heterocycles. The van der Waals surface area contributed by atoms with Crippen LogP contribution in [-0.4, -0.2) is 30.5 Å². The molecule has 0 aliphatic carbocycles. The molecule has 0 bridgehead atoms. The molecule has 1 N–H and O–H groups in total. The van der Waals surface area contributed by atoms with Crippen LogP contribution < -0.4 is 5.32 Å². The number of aryl methyl sites for hydroxylation is 2. The quantitative estimate of drug-likeness (QED) is 0.440. The number of carbonyl (C=O) groups excluding carboxylic acids is 1. The average Bonchev–Trinajstić information content (AvgIpc) is 3.52. The minimum Gasteiger partial charge on any atom is -0.464 e. The van der Waals surface area contributed by atoms with Crippen LogP contribution in [-0.2, 0) is 17.9 Å². The van der Waals surface area contributed by atoms with E-state index in [1.54, 1.807) is 23.3 Å². The lowest BCUT2D eigenvalue weighted by molar-refractivity contribution is -0.116. The molecule has 0 spiro atoms. The summed E-state index contributed by atoms with van der Waals surface area (Å²) in [4.78, 5) is 17.2. The summed E-state index contributed by atoms with van der Waals surface area (Å²) in [6, 6.07) is 13.8. The smallest absolute Gasteiger partial charge is 0.246 e. The number of anilines is 1. The van der Waals surface area contributed by atoms with Crippen molar-refractivity contribution < 1.29 is 9.21 Å². The van der Waals surface area contributed by atoms with Gasteiger partial charge in [0.1, 0.15) is 12.3 Å². The molecule has 0 radical (unpaired) electrons. The maximum absolute atomic E-state index is 12.7. The minimum absolute atomic E-state index is 0.0436. The minimum atomic E-state index is -0.199. The number of furan rings is 1. The second kappa shape index (κ2) is 8.14. The van der Waals surface area contributed by atoms with Crippen LogP contribution in [0.3, 0.4) is 0 Å². The number of rotatable bonds is 6. The summed E-state index contributed by atoms with van der Waals surface area (Å²) in [6.07, 6.45) is 6.80. The van der Waals surface area contributed by atoms with Crippen LogP contribution in [0, 0.1) is 13.8 Å². The van der Waals surface area contributed by atoms with Crippen LogP contribution in [0.4, 0.5) is 5.69 Å². The third-order valence-electron chi connectivity index (χ3n) is 5.40. The van der Waals surface area contributed by atoms with E-state index in [-0.39, 0.29) is 12.5 Å². The lowest BCUT2D eigenvalue weighted by Gasteiger charge is -2.06. The summed E-state index contributed by atoms with van der Waals surface area (Å²) in [7, 11) is 0. The fourth-order valence-corrected chi connectivity index (χ4v) is 3.84. The van der Waals surface area contributed by atoms with Crippen molar-refractivity contribution in [3.8, 4) is 11.3 Å². The topological polar surface area (TPSA) is 90.8 Å². The van der Waals surface area contributed by atoms with Gasteiger partial charge in [-0.2, -0.15) is 10.2 Å². The monoisotopic (exact) mass is 426 g/mol. The summed E-state index contributed by atoms with van der Waals surface area (Å²) in [6.45, 7) is 4.66. The fraction of sp³-hybridized carbons (Fsp3) is 0.167. The van der Waals surface area contributed by atoms with Crippen molar-refractivity contribution >= 4 is 22.6 Å². The van der Waals surface area contributed by atoms with Gasteiger partial charge >= 0.3 is 0 Å². The third kappa shape index (κ3) is 3.78. The van der Waals surface area contributed by atoms with E-state index in [0.29, 0.717) is 17.9 Å². The molecule has 0 aliphatic heterocycles. The van der Waals surface area contributed by atoms with E-state index >= 15 is 0 Å². The van der Waals surface area contributed by atoms with Gasteiger partial charge in [-0.25, -0.2) is 9.67 Å². The molecule has 5 aromatic rings. The van der Waals surface area contributed by atoms with Crippen molar-refractivity contribution in [3.05, 3.63) is 84.1 Å². The number of aromatic nitrogens is 5. The summed E-state index contributed by atoms with van der Waals surface area (Å²) in [5.74, 6) is 0.542. The maximum Gasteiger partial charge on any atom is 0.246 e. The highest BCUT2D eigenvalue weighted by molar-refractivity contribution is 5.95. The summed E-state index contributed by atoms with van der Waals surface area (Å²) < 4.78 is 8.97. The summed E-state index contributed by atoms with van der Waals surface area (Å²) in [5, 5.41) is 12.7. The number of hydrogen-bond acceptors (Lipinski definition) is 5. The van der Waals surface area contributed by atoms with Gasteiger partial charge in [0.25, 0.3) is 0 Å². The molecule has 0 fully saturated rings. The first-order valence-corrected chi connectivity index (χ1v) is 10.3. The van der Waals surface area contributed by atoms with Gasteiger partial charge in [-0.05, 0) is 43.2 Å². The lowest BCUT2D eigenvalue weighted by atomic mass is 10.1. The molecule has 5 rings (SSSR count). The van der Waals surface area contributed by atoms with E-state index in [1.807, 2.05) is 48.1 Å². The van der Waals surface area contributed by atoms with Crippen LogP contribution in [0.15, 0.2) is 71.7 Å². The van der Waals surface area contributed by atoms with E-state index in [4.69, 9.17) is 4.42 Å². The first-order valence-electron chi connectivity index (χ1n) is 10.3. The number of benzene rings is 1. The van der Waals surface area contributed by atoms with Gasteiger partial charge in [0.05, 0.1) is 35.8 Å². The van der Waals surface area contributed by atoms with E-state index in [9.17, 15) is 4.79 Å². The number of carbonyl (C=O) groups is 1. The van der Waals surface area contributed by atoms with E-state index in [1.165, 1.54) is 11.1 Å². The molecule has 0 unspecified atom stereocenters. The molecule has 160 valence electrons. The van der Waals surface area contributed by atoms with Crippen LogP contribution in [0.5, 0.6) is 0 Å². The zero-order valence-corrected chi connectivity index (χ0v) is 17.8. The number of nitrogens with zero attached hydrogens (tertiary/aromatic N) is 5. The van der Waals surface area contributed by atoms with Crippen LogP contribution in [0.1, 0.15) is 16.8 Å². The van der Waals surface area contributed by atoms with Gasteiger partial charge < -0.3 is 9.73 Å². The highest BCUT2D eigenvalue weighted by Crippen LogP contribution is 2.30. The zero-order chi connectivity index (χ0) is 22.1. The van der Waals surface area contributed by atoms with Gasteiger partial charge in [0.2, 0.25) is 5.91 Å². The van der Waals surface area contributed by atoms with Gasteiger partial charge in [0.15, 0.2) is 5.65 Å². The SMILES string of the molecule is Cc1ccccc1Cn1cc(NC(=O)Cn2nc(C)c3c(-c4ccco4)ccnc32)cn1. The molecule has 32 heavy (non-hydrogen) atoms.